The summed E-state index contributed by atoms with van der Waals surface area (Å²) in [4.78, 5) is 4.36. The standard InChI is InChI=1S/C13H26N4O/c1-5-7-12(18-4)11(14-3)9-13-15-10-16-17(13)8-6-2/h10-12,14H,5-9H2,1-4H3. The highest BCUT2D eigenvalue weighted by atomic mass is 16.5. The van der Waals surface area contributed by atoms with E-state index in [9.17, 15) is 0 Å². The van der Waals surface area contributed by atoms with Crippen LogP contribution in [0.1, 0.15) is 38.9 Å². The number of aryl methyl sites for hydroxylation is 1. The highest BCUT2D eigenvalue weighted by molar-refractivity contribution is 4.92. The Balaban J connectivity index is 2.68. The average molecular weight is 254 g/mol. The van der Waals surface area contributed by atoms with Crippen molar-refractivity contribution in [2.75, 3.05) is 14.2 Å². The van der Waals surface area contributed by atoms with Crippen molar-refractivity contribution in [1.82, 2.24) is 20.1 Å². The molecule has 0 aliphatic carbocycles. The zero-order chi connectivity index (χ0) is 13.4. The number of aromatic nitrogens is 3. The third-order valence-electron chi connectivity index (χ3n) is 3.23. The number of methoxy groups -OCH3 is 1. The van der Waals surface area contributed by atoms with Crippen molar-refractivity contribution in [3.8, 4) is 0 Å². The molecule has 2 unspecified atom stereocenters. The first-order valence-corrected chi connectivity index (χ1v) is 6.83. The van der Waals surface area contributed by atoms with Crippen LogP contribution in [0.3, 0.4) is 0 Å². The molecule has 0 aliphatic heterocycles. The second-order valence-corrected chi connectivity index (χ2v) is 4.56. The van der Waals surface area contributed by atoms with Crippen LogP contribution in [0.4, 0.5) is 0 Å². The zero-order valence-electron chi connectivity index (χ0n) is 12.0. The van der Waals surface area contributed by atoms with E-state index in [1.54, 1.807) is 13.4 Å². The summed E-state index contributed by atoms with van der Waals surface area (Å²) in [5, 5.41) is 7.60. The van der Waals surface area contributed by atoms with E-state index in [0.717, 1.165) is 38.1 Å². The van der Waals surface area contributed by atoms with E-state index in [1.807, 2.05) is 11.7 Å². The number of rotatable bonds is 9. The molecule has 0 bridgehead atoms. The number of hydrogen-bond donors (Lipinski definition) is 1. The number of nitrogens with one attached hydrogen (secondary N) is 1. The van der Waals surface area contributed by atoms with Gasteiger partial charge in [0.05, 0.1) is 6.10 Å². The van der Waals surface area contributed by atoms with Crippen molar-refractivity contribution in [2.45, 2.75) is 58.2 Å². The quantitative estimate of drug-likeness (QED) is 0.728. The van der Waals surface area contributed by atoms with Crippen LogP contribution in [0.5, 0.6) is 0 Å². The summed E-state index contributed by atoms with van der Waals surface area (Å²) in [5.74, 6) is 1.04. The number of nitrogens with zero attached hydrogens (tertiary/aromatic N) is 3. The maximum absolute atomic E-state index is 5.57. The fourth-order valence-corrected chi connectivity index (χ4v) is 2.23. The summed E-state index contributed by atoms with van der Waals surface area (Å²) in [6.45, 7) is 5.26. The van der Waals surface area contributed by atoms with E-state index in [0.29, 0.717) is 0 Å². The lowest BCUT2D eigenvalue weighted by molar-refractivity contribution is 0.0623. The van der Waals surface area contributed by atoms with Crippen LogP contribution in [0.2, 0.25) is 0 Å². The van der Waals surface area contributed by atoms with Crippen LogP contribution in [0.15, 0.2) is 6.33 Å². The first-order chi connectivity index (χ1) is 8.76. The van der Waals surface area contributed by atoms with Gasteiger partial charge >= 0.3 is 0 Å². The van der Waals surface area contributed by atoms with Crippen molar-refractivity contribution >= 4 is 0 Å². The fraction of sp³-hybridized carbons (Fsp3) is 0.846. The van der Waals surface area contributed by atoms with Gasteiger partial charge < -0.3 is 10.1 Å². The molecule has 0 spiro atoms. The molecule has 0 saturated carbocycles. The molecule has 1 aromatic heterocycles. The zero-order valence-corrected chi connectivity index (χ0v) is 12.0. The van der Waals surface area contributed by atoms with Crippen molar-refractivity contribution in [3.63, 3.8) is 0 Å². The van der Waals surface area contributed by atoms with Gasteiger partial charge in [0.25, 0.3) is 0 Å². The molecule has 1 rings (SSSR count). The van der Waals surface area contributed by atoms with Gasteiger partial charge in [0, 0.05) is 26.1 Å². The van der Waals surface area contributed by atoms with E-state index in [2.05, 4.69) is 29.2 Å². The van der Waals surface area contributed by atoms with E-state index < -0.39 is 0 Å². The lowest BCUT2D eigenvalue weighted by atomic mass is 10.0. The van der Waals surface area contributed by atoms with Gasteiger partial charge in [-0.25, -0.2) is 4.98 Å². The van der Waals surface area contributed by atoms with Crippen LogP contribution in [-0.2, 0) is 17.7 Å². The summed E-state index contributed by atoms with van der Waals surface area (Å²) >= 11 is 0. The average Bonchev–Trinajstić information content (AvgIpc) is 2.81. The van der Waals surface area contributed by atoms with Gasteiger partial charge in [-0.1, -0.05) is 20.3 Å². The van der Waals surface area contributed by atoms with Gasteiger partial charge in [-0.2, -0.15) is 5.10 Å². The number of ether oxygens (including phenoxy) is 1. The Morgan fingerprint density at radius 1 is 1.39 bits per heavy atom. The molecule has 5 nitrogen and oxygen atoms in total. The SMILES string of the molecule is CCCC(OC)C(Cc1ncnn1CCC)NC. The molecule has 0 amide bonds. The van der Waals surface area contributed by atoms with Gasteiger partial charge in [0.1, 0.15) is 12.2 Å². The topological polar surface area (TPSA) is 52.0 Å². The smallest absolute Gasteiger partial charge is 0.138 e. The lowest BCUT2D eigenvalue weighted by Crippen LogP contribution is -2.41. The Kier molecular flexibility index (Phi) is 6.90. The van der Waals surface area contributed by atoms with Crippen LogP contribution in [0, 0.1) is 0 Å². The molecule has 1 N–H and O–H groups in total. The minimum Gasteiger partial charge on any atom is -0.380 e. The highest BCUT2D eigenvalue weighted by Crippen LogP contribution is 2.11. The summed E-state index contributed by atoms with van der Waals surface area (Å²) in [5.41, 5.74) is 0. The monoisotopic (exact) mass is 254 g/mol. The Morgan fingerprint density at radius 3 is 2.72 bits per heavy atom. The molecule has 18 heavy (non-hydrogen) atoms. The summed E-state index contributed by atoms with van der Waals surface area (Å²) in [7, 11) is 3.76. The Bertz CT molecular complexity index is 327. The molecule has 0 radical (unpaired) electrons. The first-order valence-electron chi connectivity index (χ1n) is 6.83. The van der Waals surface area contributed by atoms with E-state index in [4.69, 9.17) is 4.74 Å². The lowest BCUT2D eigenvalue weighted by Gasteiger charge is -2.25. The van der Waals surface area contributed by atoms with Gasteiger partial charge in [-0.3, -0.25) is 4.68 Å². The number of likely N-dealkylation sites (N-methyl/N-ethyl adjacent to an activating group) is 1. The van der Waals surface area contributed by atoms with Crippen LogP contribution in [0.25, 0.3) is 0 Å². The van der Waals surface area contributed by atoms with Crippen molar-refractivity contribution in [1.29, 1.82) is 0 Å². The fourth-order valence-electron chi connectivity index (χ4n) is 2.23. The molecule has 5 heteroatoms. The molecular formula is C13H26N4O. The molecule has 2 atom stereocenters. The predicted molar refractivity (Wildman–Crippen MR) is 72.6 cm³/mol. The maximum atomic E-state index is 5.57. The normalized spacial score (nSPS) is 14.7. The van der Waals surface area contributed by atoms with Gasteiger partial charge in [-0.05, 0) is 19.9 Å². The predicted octanol–water partition coefficient (Wildman–Crippen LogP) is 1.63. The maximum Gasteiger partial charge on any atom is 0.138 e. The van der Waals surface area contributed by atoms with Crippen molar-refractivity contribution < 1.29 is 4.74 Å². The van der Waals surface area contributed by atoms with Crippen molar-refractivity contribution in [3.05, 3.63) is 12.2 Å². The van der Waals surface area contributed by atoms with Gasteiger partial charge in [-0.15, -0.1) is 0 Å². The van der Waals surface area contributed by atoms with E-state index in [1.165, 1.54) is 0 Å². The van der Waals surface area contributed by atoms with Crippen LogP contribution in [-0.4, -0.2) is 41.1 Å². The van der Waals surface area contributed by atoms with Crippen LogP contribution >= 0.6 is 0 Å². The molecule has 0 saturated heterocycles. The van der Waals surface area contributed by atoms with Gasteiger partial charge in [0.2, 0.25) is 0 Å². The molecule has 104 valence electrons. The third kappa shape index (κ3) is 4.07. The summed E-state index contributed by atoms with van der Waals surface area (Å²) in [6, 6.07) is 0.287. The molecule has 0 fully saturated rings. The second kappa shape index (κ2) is 8.21. The highest BCUT2D eigenvalue weighted by Gasteiger charge is 2.21. The summed E-state index contributed by atoms with van der Waals surface area (Å²) < 4.78 is 7.56. The van der Waals surface area contributed by atoms with Crippen LogP contribution < -0.4 is 5.32 Å². The minimum absolute atomic E-state index is 0.228. The largest absolute Gasteiger partial charge is 0.380 e. The second-order valence-electron chi connectivity index (χ2n) is 4.56. The molecule has 0 aliphatic rings. The minimum atomic E-state index is 0.228. The third-order valence-corrected chi connectivity index (χ3v) is 3.23. The Hall–Kier alpha value is -0.940. The van der Waals surface area contributed by atoms with Gasteiger partial charge in [0.15, 0.2) is 0 Å². The Labute approximate surface area is 110 Å². The van der Waals surface area contributed by atoms with Crippen molar-refractivity contribution in [2.24, 2.45) is 0 Å². The molecule has 1 heterocycles. The summed E-state index contributed by atoms with van der Waals surface area (Å²) in [6.07, 6.45) is 5.98. The molecule has 0 aromatic carbocycles. The first kappa shape index (κ1) is 15.1. The Morgan fingerprint density at radius 2 is 2.17 bits per heavy atom. The molecule has 1 aromatic rings. The van der Waals surface area contributed by atoms with E-state index >= 15 is 0 Å². The van der Waals surface area contributed by atoms with E-state index in [-0.39, 0.29) is 12.1 Å². The number of hydrogen-bond acceptors (Lipinski definition) is 4. The molecular weight excluding hydrogens is 228 g/mol.